The Hall–Kier alpha value is -0.610. The molecule has 0 unspecified atom stereocenters. The molecule has 1 heterocycles. The quantitative estimate of drug-likeness (QED) is 0.743. The smallest absolute Gasteiger partial charge is 0.222 e. The number of carbonyl (C=O) groups is 1. The van der Waals surface area contributed by atoms with E-state index in [1.165, 1.54) is 6.42 Å². The van der Waals surface area contributed by atoms with Gasteiger partial charge in [-0.05, 0) is 26.3 Å². The van der Waals surface area contributed by atoms with Gasteiger partial charge in [-0.2, -0.15) is 0 Å². The average molecular weight is 240 g/mol. The average Bonchev–Trinajstić information content (AvgIpc) is 2.67. The van der Waals surface area contributed by atoms with E-state index in [9.17, 15) is 9.90 Å². The zero-order valence-electron chi connectivity index (χ0n) is 10.8. The number of aliphatic hydroxyl groups excluding tert-OH is 1. The predicted molar refractivity (Wildman–Crippen MR) is 66.7 cm³/mol. The SMILES string of the molecule is CN(CCN1CCCC1=O)CC1(CO)CCC1. The number of likely N-dealkylation sites (N-methyl/N-ethyl adjacent to an activating group) is 1. The van der Waals surface area contributed by atoms with Crippen LogP contribution < -0.4 is 0 Å². The second-order valence-electron chi connectivity index (χ2n) is 5.73. The second-order valence-corrected chi connectivity index (χ2v) is 5.73. The van der Waals surface area contributed by atoms with Crippen LogP contribution in [0.1, 0.15) is 32.1 Å². The van der Waals surface area contributed by atoms with Gasteiger partial charge in [0.2, 0.25) is 5.91 Å². The largest absolute Gasteiger partial charge is 0.396 e. The van der Waals surface area contributed by atoms with E-state index in [4.69, 9.17) is 0 Å². The number of hydrogen-bond donors (Lipinski definition) is 1. The molecule has 2 rings (SSSR count). The van der Waals surface area contributed by atoms with Gasteiger partial charge in [0.15, 0.2) is 0 Å². The van der Waals surface area contributed by atoms with Crippen LogP contribution in [0, 0.1) is 5.41 Å². The summed E-state index contributed by atoms with van der Waals surface area (Å²) in [6, 6.07) is 0. The van der Waals surface area contributed by atoms with Gasteiger partial charge in [0.25, 0.3) is 0 Å². The van der Waals surface area contributed by atoms with Crippen LogP contribution in [0.15, 0.2) is 0 Å². The Morgan fingerprint density at radius 3 is 2.65 bits per heavy atom. The third-order valence-electron chi connectivity index (χ3n) is 4.28. The first-order valence-electron chi connectivity index (χ1n) is 6.72. The van der Waals surface area contributed by atoms with Crippen LogP contribution in [-0.4, -0.2) is 60.6 Å². The zero-order chi connectivity index (χ0) is 12.3. The van der Waals surface area contributed by atoms with Gasteiger partial charge in [-0.15, -0.1) is 0 Å². The molecule has 1 N–H and O–H groups in total. The normalized spacial score (nSPS) is 23.2. The van der Waals surface area contributed by atoms with Crippen molar-refractivity contribution in [2.24, 2.45) is 5.41 Å². The lowest BCUT2D eigenvalue weighted by molar-refractivity contribution is -0.127. The van der Waals surface area contributed by atoms with Gasteiger partial charge in [-0.3, -0.25) is 4.79 Å². The molecule has 4 nitrogen and oxygen atoms in total. The fourth-order valence-corrected chi connectivity index (χ4v) is 2.93. The summed E-state index contributed by atoms with van der Waals surface area (Å²) in [6.07, 6.45) is 5.29. The standard InChI is InChI=1S/C13H24N2O2/c1-14(10-13(11-16)5-3-6-13)8-9-15-7-2-4-12(15)17/h16H,2-11H2,1H3. The van der Waals surface area contributed by atoms with Crippen molar-refractivity contribution in [2.75, 3.05) is 39.8 Å². The Morgan fingerprint density at radius 1 is 1.41 bits per heavy atom. The third kappa shape index (κ3) is 2.99. The number of rotatable bonds is 6. The lowest BCUT2D eigenvalue weighted by atomic mass is 9.69. The van der Waals surface area contributed by atoms with Gasteiger partial charge in [-0.1, -0.05) is 6.42 Å². The van der Waals surface area contributed by atoms with Gasteiger partial charge >= 0.3 is 0 Å². The highest BCUT2D eigenvalue weighted by Crippen LogP contribution is 2.40. The Bertz CT molecular complexity index is 271. The molecule has 1 saturated carbocycles. The van der Waals surface area contributed by atoms with Crippen molar-refractivity contribution < 1.29 is 9.90 Å². The first-order valence-corrected chi connectivity index (χ1v) is 6.72. The van der Waals surface area contributed by atoms with E-state index in [2.05, 4.69) is 11.9 Å². The molecule has 2 aliphatic rings. The summed E-state index contributed by atoms with van der Waals surface area (Å²) in [5.74, 6) is 0.305. The summed E-state index contributed by atoms with van der Waals surface area (Å²) >= 11 is 0. The summed E-state index contributed by atoms with van der Waals surface area (Å²) in [5.41, 5.74) is 0.157. The minimum atomic E-state index is 0.157. The summed E-state index contributed by atoms with van der Waals surface area (Å²) in [5, 5.41) is 9.42. The number of amides is 1. The molecule has 0 aromatic heterocycles. The van der Waals surface area contributed by atoms with Crippen molar-refractivity contribution in [1.82, 2.24) is 9.80 Å². The minimum Gasteiger partial charge on any atom is -0.396 e. The number of carbonyl (C=O) groups excluding carboxylic acids is 1. The van der Waals surface area contributed by atoms with E-state index in [1.54, 1.807) is 0 Å². The number of hydrogen-bond acceptors (Lipinski definition) is 3. The molecule has 0 aromatic carbocycles. The number of aliphatic hydroxyl groups is 1. The maximum absolute atomic E-state index is 11.5. The van der Waals surface area contributed by atoms with Gasteiger partial charge in [0.1, 0.15) is 0 Å². The molecule has 98 valence electrons. The Morgan fingerprint density at radius 2 is 2.18 bits per heavy atom. The van der Waals surface area contributed by atoms with Crippen LogP contribution in [0.5, 0.6) is 0 Å². The van der Waals surface area contributed by atoms with Gasteiger partial charge < -0.3 is 14.9 Å². The van der Waals surface area contributed by atoms with Crippen molar-refractivity contribution in [3.63, 3.8) is 0 Å². The summed E-state index contributed by atoms with van der Waals surface area (Å²) in [6.45, 7) is 3.97. The highest BCUT2D eigenvalue weighted by atomic mass is 16.3. The van der Waals surface area contributed by atoms with E-state index in [0.29, 0.717) is 12.5 Å². The zero-order valence-corrected chi connectivity index (χ0v) is 10.8. The van der Waals surface area contributed by atoms with Gasteiger partial charge in [0.05, 0.1) is 0 Å². The maximum Gasteiger partial charge on any atom is 0.222 e. The molecule has 4 heteroatoms. The van der Waals surface area contributed by atoms with Crippen molar-refractivity contribution in [3.8, 4) is 0 Å². The van der Waals surface area contributed by atoms with Crippen LogP contribution in [0.4, 0.5) is 0 Å². The maximum atomic E-state index is 11.5. The summed E-state index contributed by atoms with van der Waals surface area (Å²) in [4.78, 5) is 15.7. The third-order valence-corrected chi connectivity index (χ3v) is 4.28. The Kier molecular flexibility index (Phi) is 4.05. The van der Waals surface area contributed by atoms with Crippen molar-refractivity contribution in [2.45, 2.75) is 32.1 Å². The second kappa shape index (κ2) is 5.36. The highest BCUT2D eigenvalue weighted by Gasteiger charge is 2.37. The number of nitrogens with zero attached hydrogens (tertiary/aromatic N) is 2. The van der Waals surface area contributed by atoms with Gasteiger partial charge in [-0.25, -0.2) is 0 Å². The topological polar surface area (TPSA) is 43.8 Å². The predicted octanol–water partition coefficient (Wildman–Crippen LogP) is 0.703. The summed E-state index contributed by atoms with van der Waals surface area (Å²) < 4.78 is 0. The fraction of sp³-hybridized carbons (Fsp3) is 0.923. The molecule has 1 saturated heterocycles. The van der Waals surface area contributed by atoms with E-state index in [0.717, 1.165) is 51.9 Å². The molecule has 1 amide bonds. The van der Waals surface area contributed by atoms with Crippen molar-refractivity contribution in [3.05, 3.63) is 0 Å². The van der Waals surface area contributed by atoms with Crippen LogP contribution >= 0.6 is 0 Å². The molecule has 17 heavy (non-hydrogen) atoms. The van der Waals surface area contributed by atoms with E-state index in [-0.39, 0.29) is 5.41 Å². The minimum absolute atomic E-state index is 0.157. The summed E-state index contributed by atoms with van der Waals surface area (Å²) in [7, 11) is 2.09. The van der Waals surface area contributed by atoms with Crippen LogP contribution in [-0.2, 0) is 4.79 Å². The molecular weight excluding hydrogens is 216 g/mol. The van der Waals surface area contributed by atoms with Crippen LogP contribution in [0.3, 0.4) is 0 Å². The molecule has 0 aromatic rings. The molecule has 2 fully saturated rings. The Labute approximate surface area is 104 Å². The lowest BCUT2D eigenvalue weighted by Gasteiger charge is -2.43. The van der Waals surface area contributed by atoms with Crippen molar-refractivity contribution in [1.29, 1.82) is 0 Å². The number of likely N-dealkylation sites (tertiary alicyclic amines) is 1. The van der Waals surface area contributed by atoms with Crippen LogP contribution in [0.25, 0.3) is 0 Å². The molecule has 0 bridgehead atoms. The Balaban J connectivity index is 1.70. The molecule has 1 aliphatic heterocycles. The molecular formula is C13H24N2O2. The molecule has 1 aliphatic carbocycles. The van der Waals surface area contributed by atoms with Crippen molar-refractivity contribution >= 4 is 5.91 Å². The lowest BCUT2D eigenvalue weighted by Crippen LogP contribution is -2.45. The van der Waals surface area contributed by atoms with E-state index < -0.39 is 0 Å². The fourth-order valence-electron chi connectivity index (χ4n) is 2.93. The molecule has 0 radical (unpaired) electrons. The highest BCUT2D eigenvalue weighted by molar-refractivity contribution is 5.78. The van der Waals surface area contributed by atoms with Crippen LogP contribution in [0.2, 0.25) is 0 Å². The van der Waals surface area contributed by atoms with Gasteiger partial charge in [0, 0.05) is 44.6 Å². The monoisotopic (exact) mass is 240 g/mol. The van der Waals surface area contributed by atoms with E-state index in [1.807, 2.05) is 4.90 Å². The first-order chi connectivity index (χ1) is 8.15. The van der Waals surface area contributed by atoms with E-state index >= 15 is 0 Å². The first kappa shape index (κ1) is 12.8. The molecule has 0 atom stereocenters. The molecule has 0 spiro atoms.